The van der Waals surface area contributed by atoms with Crippen LogP contribution in [0.4, 0.5) is 0 Å². The van der Waals surface area contributed by atoms with Crippen molar-refractivity contribution in [2.24, 2.45) is 5.92 Å². The zero-order valence-corrected chi connectivity index (χ0v) is 12.9. The largest absolute Gasteiger partial charge is 0.508 e. The summed E-state index contributed by atoms with van der Waals surface area (Å²) in [6.07, 6.45) is 4.12. The number of hydrogen-bond acceptors (Lipinski definition) is 3. The number of phenols is 1. The lowest BCUT2D eigenvalue weighted by molar-refractivity contribution is 0.199. The first-order valence-corrected chi connectivity index (χ1v) is 7.86. The van der Waals surface area contributed by atoms with E-state index in [-0.39, 0.29) is 0 Å². The first kappa shape index (κ1) is 15.3. The Morgan fingerprint density at radius 3 is 2.75 bits per heavy atom. The second-order valence-electron chi connectivity index (χ2n) is 6.23. The standard InChI is InChI=1S/C17H28N2O/c1-14-6-7-17(20)16(10-14)12-18-11-15(2)13-19-8-4-3-5-9-19/h6-7,10,15,18,20H,3-5,8-9,11-13H2,1-2H3. The van der Waals surface area contributed by atoms with Gasteiger partial charge in [0.1, 0.15) is 5.75 Å². The van der Waals surface area contributed by atoms with E-state index < -0.39 is 0 Å². The van der Waals surface area contributed by atoms with E-state index >= 15 is 0 Å². The van der Waals surface area contributed by atoms with Crippen molar-refractivity contribution in [1.29, 1.82) is 0 Å². The molecule has 2 N–H and O–H groups in total. The van der Waals surface area contributed by atoms with E-state index in [2.05, 4.69) is 30.1 Å². The van der Waals surface area contributed by atoms with Crippen LogP contribution in [-0.2, 0) is 6.54 Å². The van der Waals surface area contributed by atoms with Gasteiger partial charge in [0.25, 0.3) is 0 Å². The van der Waals surface area contributed by atoms with Crippen LogP contribution in [0.2, 0.25) is 0 Å². The van der Waals surface area contributed by atoms with E-state index in [0.29, 0.717) is 11.7 Å². The van der Waals surface area contributed by atoms with Crippen molar-refractivity contribution in [2.45, 2.75) is 39.7 Å². The molecular weight excluding hydrogens is 248 g/mol. The first-order valence-electron chi connectivity index (χ1n) is 7.86. The zero-order chi connectivity index (χ0) is 14.4. The number of nitrogens with one attached hydrogen (secondary N) is 1. The summed E-state index contributed by atoms with van der Waals surface area (Å²) >= 11 is 0. The van der Waals surface area contributed by atoms with Crippen LogP contribution in [0.1, 0.15) is 37.3 Å². The van der Waals surface area contributed by atoms with Crippen LogP contribution in [0.15, 0.2) is 18.2 Å². The maximum absolute atomic E-state index is 9.81. The average Bonchev–Trinajstić information content (AvgIpc) is 2.44. The van der Waals surface area contributed by atoms with Crippen molar-refractivity contribution in [3.05, 3.63) is 29.3 Å². The van der Waals surface area contributed by atoms with E-state index in [1.54, 1.807) is 6.07 Å². The van der Waals surface area contributed by atoms with Crippen LogP contribution in [0.3, 0.4) is 0 Å². The molecule has 1 aromatic carbocycles. The molecule has 1 saturated heterocycles. The molecule has 0 bridgehead atoms. The highest BCUT2D eigenvalue weighted by Gasteiger charge is 2.13. The molecule has 1 aliphatic rings. The van der Waals surface area contributed by atoms with Crippen LogP contribution in [0, 0.1) is 12.8 Å². The Kier molecular flexibility index (Phi) is 5.86. The van der Waals surface area contributed by atoms with E-state index in [4.69, 9.17) is 0 Å². The number of benzene rings is 1. The summed E-state index contributed by atoms with van der Waals surface area (Å²) in [6, 6.07) is 5.78. The van der Waals surface area contributed by atoms with Gasteiger partial charge in [0.2, 0.25) is 0 Å². The normalized spacial score (nSPS) is 18.1. The molecule has 112 valence electrons. The van der Waals surface area contributed by atoms with Crippen LogP contribution in [0.25, 0.3) is 0 Å². The minimum atomic E-state index is 0.395. The molecule has 1 atom stereocenters. The Morgan fingerprint density at radius 2 is 2.00 bits per heavy atom. The lowest BCUT2D eigenvalue weighted by Gasteiger charge is -2.29. The molecule has 0 aliphatic carbocycles. The number of aryl methyl sites for hydroxylation is 1. The molecule has 1 aliphatic heterocycles. The van der Waals surface area contributed by atoms with Gasteiger partial charge in [0.05, 0.1) is 0 Å². The van der Waals surface area contributed by atoms with Crippen molar-refractivity contribution in [2.75, 3.05) is 26.2 Å². The summed E-state index contributed by atoms with van der Waals surface area (Å²) in [5.74, 6) is 1.05. The second-order valence-corrected chi connectivity index (χ2v) is 6.23. The molecule has 1 aromatic rings. The van der Waals surface area contributed by atoms with Crippen LogP contribution in [-0.4, -0.2) is 36.2 Å². The van der Waals surface area contributed by atoms with Gasteiger partial charge in [-0.1, -0.05) is 31.0 Å². The fourth-order valence-corrected chi connectivity index (χ4v) is 2.96. The molecule has 0 aromatic heterocycles. The highest BCUT2D eigenvalue weighted by Crippen LogP contribution is 2.18. The Bertz CT molecular complexity index is 413. The van der Waals surface area contributed by atoms with Gasteiger partial charge < -0.3 is 15.3 Å². The molecule has 1 unspecified atom stereocenters. The van der Waals surface area contributed by atoms with Crippen LogP contribution in [0.5, 0.6) is 5.75 Å². The lowest BCUT2D eigenvalue weighted by Crippen LogP contribution is -2.36. The van der Waals surface area contributed by atoms with E-state index in [9.17, 15) is 5.11 Å². The van der Waals surface area contributed by atoms with Gasteiger partial charge in [0.15, 0.2) is 0 Å². The van der Waals surface area contributed by atoms with Gasteiger partial charge in [-0.15, -0.1) is 0 Å². The SMILES string of the molecule is Cc1ccc(O)c(CNCC(C)CN2CCCCC2)c1. The van der Waals surface area contributed by atoms with Crippen molar-refractivity contribution in [3.63, 3.8) is 0 Å². The maximum atomic E-state index is 9.81. The first-order chi connectivity index (χ1) is 9.65. The van der Waals surface area contributed by atoms with E-state index in [0.717, 1.165) is 18.7 Å². The summed E-state index contributed by atoms with van der Waals surface area (Å²) in [5, 5.41) is 13.3. The van der Waals surface area contributed by atoms with Gasteiger partial charge >= 0.3 is 0 Å². The highest BCUT2D eigenvalue weighted by molar-refractivity contribution is 5.35. The van der Waals surface area contributed by atoms with Crippen LogP contribution < -0.4 is 5.32 Å². The Morgan fingerprint density at radius 1 is 1.25 bits per heavy atom. The van der Waals surface area contributed by atoms with E-state index in [1.165, 1.54) is 44.5 Å². The molecule has 1 fully saturated rings. The summed E-state index contributed by atoms with van der Waals surface area (Å²) in [6.45, 7) is 9.83. The molecule has 3 heteroatoms. The number of likely N-dealkylation sites (tertiary alicyclic amines) is 1. The summed E-state index contributed by atoms with van der Waals surface area (Å²) in [4.78, 5) is 2.58. The van der Waals surface area contributed by atoms with Crippen molar-refractivity contribution in [3.8, 4) is 5.75 Å². The summed E-state index contributed by atoms with van der Waals surface area (Å²) < 4.78 is 0. The monoisotopic (exact) mass is 276 g/mol. The summed E-state index contributed by atoms with van der Waals surface area (Å²) in [5.41, 5.74) is 2.19. The quantitative estimate of drug-likeness (QED) is 0.838. The third-order valence-corrected chi connectivity index (χ3v) is 4.06. The average molecular weight is 276 g/mol. The molecule has 0 amide bonds. The predicted molar refractivity (Wildman–Crippen MR) is 84.0 cm³/mol. The lowest BCUT2D eigenvalue weighted by atomic mass is 10.1. The number of piperidine rings is 1. The van der Waals surface area contributed by atoms with Crippen molar-refractivity contribution >= 4 is 0 Å². The number of phenolic OH excluding ortho intramolecular Hbond substituents is 1. The fraction of sp³-hybridized carbons (Fsp3) is 0.647. The smallest absolute Gasteiger partial charge is 0.120 e. The Labute approximate surface area is 123 Å². The van der Waals surface area contributed by atoms with Gasteiger partial charge in [-0.2, -0.15) is 0 Å². The van der Waals surface area contributed by atoms with Gasteiger partial charge in [-0.05, 0) is 51.4 Å². The van der Waals surface area contributed by atoms with Crippen molar-refractivity contribution < 1.29 is 5.11 Å². The number of nitrogens with zero attached hydrogens (tertiary/aromatic N) is 1. The third kappa shape index (κ3) is 4.80. The van der Waals surface area contributed by atoms with E-state index in [1.807, 2.05) is 6.07 Å². The second kappa shape index (κ2) is 7.65. The molecule has 2 rings (SSSR count). The molecule has 0 saturated carbocycles. The molecule has 3 nitrogen and oxygen atoms in total. The van der Waals surface area contributed by atoms with Gasteiger partial charge in [0, 0.05) is 18.7 Å². The Balaban J connectivity index is 1.70. The van der Waals surface area contributed by atoms with Crippen LogP contribution >= 0.6 is 0 Å². The topological polar surface area (TPSA) is 35.5 Å². The zero-order valence-electron chi connectivity index (χ0n) is 12.9. The number of rotatable bonds is 6. The maximum Gasteiger partial charge on any atom is 0.120 e. The molecule has 0 spiro atoms. The van der Waals surface area contributed by atoms with Gasteiger partial charge in [-0.3, -0.25) is 0 Å². The van der Waals surface area contributed by atoms with Gasteiger partial charge in [-0.25, -0.2) is 0 Å². The minimum absolute atomic E-state index is 0.395. The molecular formula is C17H28N2O. The Hall–Kier alpha value is -1.06. The molecule has 0 radical (unpaired) electrons. The fourth-order valence-electron chi connectivity index (χ4n) is 2.96. The minimum Gasteiger partial charge on any atom is -0.508 e. The predicted octanol–water partition coefficient (Wildman–Crippen LogP) is 2.91. The van der Waals surface area contributed by atoms with Crippen molar-refractivity contribution in [1.82, 2.24) is 10.2 Å². The third-order valence-electron chi connectivity index (χ3n) is 4.06. The molecule has 20 heavy (non-hydrogen) atoms. The number of aromatic hydroxyl groups is 1. The summed E-state index contributed by atoms with van der Waals surface area (Å²) in [7, 11) is 0. The molecule has 1 heterocycles. The number of hydrogen-bond donors (Lipinski definition) is 2. The highest BCUT2D eigenvalue weighted by atomic mass is 16.3.